The first-order chi connectivity index (χ1) is 9.26. The number of likely N-dealkylation sites (tertiary alicyclic amines) is 1. The molecule has 1 fully saturated rings. The number of hydrogen-bond acceptors (Lipinski definition) is 2. The molecule has 0 saturated carbocycles. The Bertz CT molecular complexity index is 361. The molecular formula is C15H31IN4O. The Labute approximate surface area is 146 Å². The van der Waals surface area contributed by atoms with E-state index in [1.807, 2.05) is 13.8 Å². The SMILES string of the molecule is CCNC(=NCC(C)(C)C(N)=O)N1CC(C)CC(C)C1.I. The summed E-state index contributed by atoms with van der Waals surface area (Å²) in [7, 11) is 0. The number of amides is 1. The van der Waals surface area contributed by atoms with E-state index in [1.54, 1.807) is 0 Å². The van der Waals surface area contributed by atoms with Crippen LogP contribution in [0, 0.1) is 17.3 Å². The molecule has 124 valence electrons. The van der Waals surface area contributed by atoms with Gasteiger partial charge in [0.15, 0.2) is 5.96 Å². The van der Waals surface area contributed by atoms with Crippen molar-refractivity contribution in [2.75, 3.05) is 26.2 Å². The van der Waals surface area contributed by atoms with Crippen molar-refractivity contribution in [3.8, 4) is 0 Å². The van der Waals surface area contributed by atoms with Gasteiger partial charge in [0.2, 0.25) is 5.91 Å². The maximum atomic E-state index is 11.4. The summed E-state index contributed by atoms with van der Waals surface area (Å²) in [5.74, 6) is 1.94. The number of nitrogens with one attached hydrogen (secondary N) is 1. The molecule has 3 N–H and O–H groups in total. The normalized spacial score (nSPS) is 23.5. The molecule has 0 aromatic heterocycles. The van der Waals surface area contributed by atoms with Crippen molar-refractivity contribution in [3.05, 3.63) is 0 Å². The van der Waals surface area contributed by atoms with Crippen LogP contribution in [-0.4, -0.2) is 42.9 Å². The number of aliphatic imine (C=N–C) groups is 1. The van der Waals surface area contributed by atoms with E-state index in [-0.39, 0.29) is 29.9 Å². The average Bonchev–Trinajstić information content (AvgIpc) is 2.33. The number of hydrogen-bond donors (Lipinski definition) is 2. The van der Waals surface area contributed by atoms with Crippen LogP contribution >= 0.6 is 24.0 Å². The molecule has 2 atom stereocenters. The van der Waals surface area contributed by atoms with Crippen LogP contribution in [0.2, 0.25) is 0 Å². The summed E-state index contributed by atoms with van der Waals surface area (Å²) < 4.78 is 0. The molecule has 1 amide bonds. The van der Waals surface area contributed by atoms with Crippen LogP contribution in [0.25, 0.3) is 0 Å². The smallest absolute Gasteiger partial charge is 0.224 e. The Morgan fingerprint density at radius 2 is 1.86 bits per heavy atom. The summed E-state index contributed by atoms with van der Waals surface area (Å²) in [5.41, 5.74) is 4.81. The van der Waals surface area contributed by atoms with Crippen molar-refractivity contribution in [3.63, 3.8) is 0 Å². The maximum absolute atomic E-state index is 11.4. The highest BCUT2D eigenvalue weighted by atomic mass is 127. The fraction of sp³-hybridized carbons (Fsp3) is 0.867. The first-order valence-corrected chi connectivity index (χ1v) is 7.59. The summed E-state index contributed by atoms with van der Waals surface area (Å²) in [6.45, 7) is 13.6. The molecule has 2 unspecified atom stereocenters. The quantitative estimate of drug-likeness (QED) is 0.424. The number of nitrogens with two attached hydrogens (primary N) is 1. The van der Waals surface area contributed by atoms with E-state index in [0.29, 0.717) is 18.4 Å². The van der Waals surface area contributed by atoms with Gasteiger partial charge in [0, 0.05) is 19.6 Å². The van der Waals surface area contributed by atoms with E-state index in [9.17, 15) is 4.79 Å². The number of nitrogens with zero attached hydrogens (tertiary/aromatic N) is 2. The molecule has 1 rings (SSSR count). The van der Waals surface area contributed by atoms with Gasteiger partial charge in [0.05, 0.1) is 12.0 Å². The van der Waals surface area contributed by atoms with Crippen molar-refractivity contribution < 1.29 is 4.79 Å². The predicted octanol–water partition coefficient (Wildman–Crippen LogP) is 2.06. The molecular weight excluding hydrogens is 379 g/mol. The van der Waals surface area contributed by atoms with Crippen molar-refractivity contribution in [1.82, 2.24) is 10.2 Å². The van der Waals surface area contributed by atoms with Gasteiger partial charge in [-0.15, -0.1) is 24.0 Å². The Kier molecular flexibility index (Phi) is 8.58. The topological polar surface area (TPSA) is 70.7 Å². The summed E-state index contributed by atoms with van der Waals surface area (Å²) in [6, 6.07) is 0. The lowest BCUT2D eigenvalue weighted by atomic mass is 9.92. The van der Waals surface area contributed by atoms with E-state index in [0.717, 1.165) is 25.6 Å². The molecule has 6 heteroatoms. The van der Waals surface area contributed by atoms with Crippen LogP contribution < -0.4 is 11.1 Å². The van der Waals surface area contributed by atoms with Gasteiger partial charge in [-0.05, 0) is 39.0 Å². The van der Waals surface area contributed by atoms with Crippen LogP contribution in [-0.2, 0) is 4.79 Å². The highest BCUT2D eigenvalue weighted by molar-refractivity contribution is 14.0. The van der Waals surface area contributed by atoms with Crippen LogP contribution in [0.5, 0.6) is 0 Å². The number of carbonyl (C=O) groups is 1. The minimum Gasteiger partial charge on any atom is -0.369 e. The highest BCUT2D eigenvalue weighted by Crippen LogP contribution is 2.21. The minimum atomic E-state index is -0.603. The molecule has 0 aromatic rings. The monoisotopic (exact) mass is 410 g/mol. The average molecular weight is 410 g/mol. The zero-order valence-electron chi connectivity index (χ0n) is 14.0. The van der Waals surface area contributed by atoms with Crippen molar-refractivity contribution in [2.45, 2.75) is 41.0 Å². The lowest BCUT2D eigenvalue weighted by Gasteiger charge is -2.37. The molecule has 0 spiro atoms. The molecule has 5 nitrogen and oxygen atoms in total. The Morgan fingerprint density at radius 3 is 2.29 bits per heavy atom. The lowest BCUT2D eigenvalue weighted by Crippen LogP contribution is -2.49. The molecule has 0 aliphatic carbocycles. The van der Waals surface area contributed by atoms with E-state index in [4.69, 9.17) is 5.73 Å². The Balaban J connectivity index is 0.00000400. The second kappa shape index (κ2) is 8.80. The summed E-state index contributed by atoms with van der Waals surface area (Å²) in [6.07, 6.45) is 1.27. The van der Waals surface area contributed by atoms with Gasteiger partial charge in [-0.2, -0.15) is 0 Å². The molecule has 0 radical (unpaired) electrons. The first kappa shape index (κ1) is 20.5. The third-order valence-corrected chi connectivity index (χ3v) is 3.79. The van der Waals surface area contributed by atoms with Crippen LogP contribution in [0.4, 0.5) is 0 Å². The molecule has 1 heterocycles. The minimum absolute atomic E-state index is 0. The molecule has 1 saturated heterocycles. The third-order valence-electron chi connectivity index (χ3n) is 3.79. The number of halogens is 1. The summed E-state index contributed by atoms with van der Waals surface area (Å²) in [5, 5.41) is 3.33. The standard InChI is InChI=1S/C15H30N4O.HI/c1-6-17-14(18-10-15(4,5)13(16)20)19-8-11(2)7-12(3)9-19;/h11-12H,6-10H2,1-5H3,(H2,16,20)(H,17,18);1H. The second-order valence-electron chi connectivity index (χ2n) is 6.77. The predicted molar refractivity (Wildman–Crippen MR) is 98.9 cm³/mol. The van der Waals surface area contributed by atoms with Gasteiger partial charge in [0.1, 0.15) is 0 Å². The third kappa shape index (κ3) is 6.40. The van der Waals surface area contributed by atoms with Gasteiger partial charge in [-0.25, -0.2) is 0 Å². The van der Waals surface area contributed by atoms with Gasteiger partial charge in [-0.1, -0.05) is 13.8 Å². The van der Waals surface area contributed by atoms with Crippen molar-refractivity contribution >= 4 is 35.8 Å². The fourth-order valence-electron chi connectivity index (χ4n) is 2.61. The lowest BCUT2D eigenvalue weighted by molar-refractivity contribution is -0.125. The summed E-state index contributed by atoms with van der Waals surface area (Å²) >= 11 is 0. The maximum Gasteiger partial charge on any atom is 0.224 e. The van der Waals surface area contributed by atoms with Crippen molar-refractivity contribution in [2.24, 2.45) is 28.0 Å². The highest BCUT2D eigenvalue weighted by Gasteiger charge is 2.27. The van der Waals surface area contributed by atoms with Crippen LogP contribution in [0.1, 0.15) is 41.0 Å². The van der Waals surface area contributed by atoms with Crippen molar-refractivity contribution in [1.29, 1.82) is 0 Å². The Hall–Kier alpha value is -0.530. The summed E-state index contributed by atoms with van der Waals surface area (Å²) in [4.78, 5) is 18.3. The van der Waals surface area contributed by atoms with E-state index in [1.165, 1.54) is 6.42 Å². The zero-order chi connectivity index (χ0) is 15.3. The van der Waals surface area contributed by atoms with Gasteiger partial charge in [0.25, 0.3) is 0 Å². The van der Waals surface area contributed by atoms with E-state index in [2.05, 4.69) is 36.0 Å². The number of rotatable bonds is 4. The second-order valence-corrected chi connectivity index (χ2v) is 6.77. The molecule has 0 aromatic carbocycles. The van der Waals surface area contributed by atoms with Crippen LogP contribution in [0.3, 0.4) is 0 Å². The van der Waals surface area contributed by atoms with E-state index >= 15 is 0 Å². The van der Waals surface area contributed by atoms with Crippen LogP contribution in [0.15, 0.2) is 4.99 Å². The molecule has 21 heavy (non-hydrogen) atoms. The number of primary amides is 1. The number of carbonyl (C=O) groups excluding carboxylic acids is 1. The fourth-order valence-corrected chi connectivity index (χ4v) is 2.61. The number of piperidine rings is 1. The molecule has 1 aliphatic heterocycles. The van der Waals surface area contributed by atoms with Gasteiger partial charge < -0.3 is 16.0 Å². The molecule has 1 aliphatic rings. The largest absolute Gasteiger partial charge is 0.369 e. The van der Waals surface area contributed by atoms with Gasteiger partial charge >= 0.3 is 0 Å². The number of guanidine groups is 1. The zero-order valence-corrected chi connectivity index (χ0v) is 16.3. The first-order valence-electron chi connectivity index (χ1n) is 7.59. The van der Waals surface area contributed by atoms with Gasteiger partial charge in [-0.3, -0.25) is 9.79 Å². The molecule has 0 bridgehead atoms. The van der Waals surface area contributed by atoms with E-state index < -0.39 is 5.41 Å². The Morgan fingerprint density at radius 1 is 1.33 bits per heavy atom.